The monoisotopic (exact) mass is 235 g/mol. The van der Waals surface area contributed by atoms with Gasteiger partial charge in [0, 0.05) is 24.6 Å². The fourth-order valence-electron chi connectivity index (χ4n) is 1.85. The van der Waals surface area contributed by atoms with Crippen molar-refractivity contribution >= 4 is 5.78 Å². The number of hydrogen-bond acceptors (Lipinski definition) is 4. The van der Waals surface area contributed by atoms with E-state index in [1.54, 1.807) is 6.20 Å². The molecule has 1 aromatic heterocycles. The van der Waals surface area contributed by atoms with Crippen molar-refractivity contribution in [2.45, 2.75) is 38.9 Å². The summed E-state index contributed by atoms with van der Waals surface area (Å²) in [5.74, 6) is 0.808. The molecule has 17 heavy (non-hydrogen) atoms. The summed E-state index contributed by atoms with van der Waals surface area (Å²) in [7, 11) is 0. The molecule has 4 nitrogen and oxygen atoms in total. The van der Waals surface area contributed by atoms with E-state index in [1.807, 2.05) is 26.0 Å². The van der Waals surface area contributed by atoms with Gasteiger partial charge in [-0.05, 0) is 26.0 Å². The first kappa shape index (κ1) is 12.0. The van der Waals surface area contributed by atoms with Crippen LogP contribution < -0.4 is 4.74 Å². The van der Waals surface area contributed by atoms with Gasteiger partial charge in [-0.2, -0.15) is 0 Å². The van der Waals surface area contributed by atoms with Gasteiger partial charge in [0.05, 0.1) is 18.8 Å². The van der Waals surface area contributed by atoms with Crippen LogP contribution in [-0.2, 0) is 9.53 Å². The molecule has 0 aromatic carbocycles. The minimum atomic E-state index is -0.210. The summed E-state index contributed by atoms with van der Waals surface area (Å²) < 4.78 is 11.2. The summed E-state index contributed by atoms with van der Waals surface area (Å²) in [4.78, 5) is 15.6. The zero-order chi connectivity index (χ0) is 12.3. The highest BCUT2D eigenvalue weighted by molar-refractivity contribution is 5.79. The molecular formula is C13H17NO3. The van der Waals surface area contributed by atoms with E-state index in [2.05, 4.69) is 4.98 Å². The Bertz CT molecular complexity index is 403. The molecule has 0 radical (unpaired) electrons. The summed E-state index contributed by atoms with van der Waals surface area (Å²) in [6.07, 6.45) is 2.46. The van der Waals surface area contributed by atoms with Gasteiger partial charge < -0.3 is 9.47 Å². The van der Waals surface area contributed by atoms with E-state index in [4.69, 9.17) is 9.47 Å². The minimum absolute atomic E-state index is 0.0583. The number of pyridine rings is 1. The Morgan fingerprint density at radius 1 is 1.53 bits per heavy atom. The predicted molar refractivity (Wildman–Crippen MR) is 62.9 cm³/mol. The van der Waals surface area contributed by atoms with Crippen molar-refractivity contribution in [3.63, 3.8) is 0 Å². The molecule has 1 aliphatic rings. The van der Waals surface area contributed by atoms with Crippen LogP contribution in [-0.4, -0.2) is 23.5 Å². The molecule has 1 fully saturated rings. The van der Waals surface area contributed by atoms with Gasteiger partial charge in [-0.1, -0.05) is 0 Å². The standard InChI is InChI=1S/C13H17NO3/c1-9(2)17-13-11(4-3-6-14-13)12-8-10(15)5-7-16-12/h3-4,6,9,12H,5,7-8H2,1-2H3. The number of carbonyl (C=O) groups is 1. The van der Waals surface area contributed by atoms with Crippen molar-refractivity contribution in [1.82, 2.24) is 4.98 Å². The fourth-order valence-corrected chi connectivity index (χ4v) is 1.85. The predicted octanol–water partition coefficient (Wildman–Crippen LogP) is 2.29. The van der Waals surface area contributed by atoms with E-state index in [1.165, 1.54) is 0 Å². The highest BCUT2D eigenvalue weighted by atomic mass is 16.5. The Hall–Kier alpha value is -1.42. The van der Waals surface area contributed by atoms with Crippen LogP contribution >= 0.6 is 0 Å². The van der Waals surface area contributed by atoms with E-state index in [-0.39, 0.29) is 18.0 Å². The number of carbonyl (C=O) groups excluding carboxylic acids is 1. The zero-order valence-electron chi connectivity index (χ0n) is 10.2. The SMILES string of the molecule is CC(C)Oc1ncccc1C1CC(=O)CCO1. The Morgan fingerprint density at radius 2 is 2.35 bits per heavy atom. The second-order valence-corrected chi connectivity index (χ2v) is 4.42. The first-order valence-corrected chi connectivity index (χ1v) is 5.91. The average molecular weight is 235 g/mol. The first-order chi connectivity index (χ1) is 8.16. The Labute approximate surface area is 101 Å². The molecule has 0 aliphatic carbocycles. The van der Waals surface area contributed by atoms with Gasteiger partial charge in [0.1, 0.15) is 5.78 Å². The number of nitrogens with zero attached hydrogens (tertiary/aromatic N) is 1. The number of aromatic nitrogens is 1. The number of Topliss-reactive ketones (excluding diaryl/α,β-unsaturated/α-hetero) is 1. The molecule has 1 aliphatic heterocycles. The normalized spacial score (nSPS) is 20.6. The molecule has 2 rings (SSSR count). The first-order valence-electron chi connectivity index (χ1n) is 5.91. The van der Waals surface area contributed by atoms with Crippen LogP contribution in [0.2, 0.25) is 0 Å². The molecule has 92 valence electrons. The Balaban J connectivity index is 2.21. The van der Waals surface area contributed by atoms with Crippen LogP contribution in [0.4, 0.5) is 0 Å². The topological polar surface area (TPSA) is 48.4 Å². The molecule has 0 saturated carbocycles. The zero-order valence-corrected chi connectivity index (χ0v) is 10.2. The molecule has 0 N–H and O–H groups in total. The number of ketones is 1. The van der Waals surface area contributed by atoms with Crippen molar-refractivity contribution < 1.29 is 14.3 Å². The third-order valence-electron chi connectivity index (χ3n) is 2.61. The summed E-state index contributed by atoms with van der Waals surface area (Å²) in [5, 5.41) is 0. The second kappa shape index (κ2) is 5.27. The maximum Gasteiger partial charge on any atom is 0.219 e. The average Bonchev–Trinajstić information content (AvgIpc) is 2.29. The third kappa shape index (κ3) is 3.03. The van der Waals surface area contributed by atoms with E-state index in [9.17, 15) is 4.79 Å². The van der Waals surface area contributed by atoms with Crippen molar-refractivity contribution in [3.05, 3.63) is 23.9 Å². The maximum absolute atomic E-state index is 11.4. The number of ether oxygens (including phenoxy) is 2. The lowest BCUT2D eigenvalue weighted by Crippen LogP contribution is -2.21. The number of rotatable bonds is 3. The van der Waals surface area contributed by atoms with E-state index in [0.29, 0.717) is 25.3 Å². The largest absolute Gasteiger partial charge is 0.475 e. The molecule has 1 saturated heterocycles. The molecule has 2 heterocycles. The Morgan fingerprint density at radius 3 is 3.06 bits per heavy atom. The van der Waals surface area contributed by atoms with E-state index >= 15 is 0 Å². The molecule has 0 bridgehead atoms. The van der Waals surface area contributed by atoms with E-state index in [0.717, 1.165) is 5.56 Å². The van der Waals surface area contributed by atoms with Crippen LogP contribution in [0.15, 0.2) is 18.3 Å². The maximum atomic E-state index is 11.4. The van der Waals surface area contributed by atoms with Gasteiger partial charge in [-0.3, -0.25) is 4.79 Å². The van der Waals surface area contributed by atoms with Gasteiger partial charge in [-0.15, -0.1) is 0 Å². The van der Waals surface area contributed by atoms with E-state index < -0.39 is 0 Å². The molecule has 1 unspecified atom stereocenters. The van der Waals surface area contributed by atoms with Gasteiger partial charge in [0.2, 0.25) is 5.88 Å². The molecule has 0 amide bonds. The fraction of sp³-hybridized carbons (Fsp3) is 0.538. The van der Waals surface area contributed by atoms with Gasteiger partial charge in [0.25, 0.3) is 0 Å². The van der Waals surface area contributed by atoms with Crippen LogP contribution in [0, 0.1) is 0 Å². The highest BCUT2D eigenvalue weighted by Gasteiger charge is 2.25. The summed E-state index contributed by atoms with van der Waals surface area (Å²) in [6.45, 7) is 4.39. The third-order valence-corrected chi connectivity index (χ3v) is 2.61. The summed E-state index contributed by atoms with van der Waals surface area (Å²) >= 11 is 0. The molecule has 1 aromatic rings. The van der Waals surface area contributed by atoms with Crippen LogP contribution in [0.5, 0.6) is 5.88 Å². The molecule has 4 heteroatoms. The van der Waals surface area contributed by atoms with Crippen molar-refractivity contribution in [3.8, 4) is 5.88 Å². The Kier molecular flexibility index (Phi) is 3.74. The van der Waals surface area contributed by atoms with Gasteiger partial charge in [0.15, 0.2) is 0 Å². The minimum Gasteiger partial charge on any atom is -0.475 e. The number of hydrogen-bond donors (Lipinski definition) is 0. The van der Waals surface area contributed by atoms with Crippen molar-refractivity contribution in [1.29, 1.82) is 0 Å². The summed E-state index contributed by atoms with van der Waals surface area (Å²) in [5.41, 5.74) is 0.870. The molecule has 1 atom stereocenters. The quantitative estimate of drug-likeness (QED) is 0.806. The second-order valence-electron chi connectivity index (χ2n) is 4.42. The van der Waals surface area contributed by atoms with Crippen LogP contribution in [0.1, 0.15) is 38.4 Å². The van der Waals surface area contributed by atoms with Crippen molar-refractivity contribution in [2.75, 3.05) is 6.61 Å². The molecular weight excluding hydrogens is 218 g/mol. The van der Waals surface area contributed by atoms with Crippen LogP contribution in [0.25, 0.3) is 0 Å². The lowest BCUT2D eigenvalue weighted by Gasteiger charge is -2.24. The lowest BCUT2D eigenvalue weighted by molar-refractivity contribution is -0.128. The smallest absolute Gasteiger partial charge is 0.219 e. The summed E-state index contributed by atoms with van der Waals surface area (Å²) in [6, 6.07) is 3.75. The molecule has 0 spiro atoms. The van der Waals surface area contributed by atoms with Gasteiger partial charge >= 0.3 is 0 Å². The highest BCUT2D eigenvalue weighted by Crippen LogP contribution is 2.31. The lowest BCUT2D eigenvalue weighted by atomic mass is 10.0. The van der Waals surface area contributed by atoms with Gasteiger partial charge in [-0.25, -0.2) is 4.98 Å². The van der Waals surface area contributed by atoms with Crippen LogP contribution in [0.3, 0.4) is 0 Å². The van der Waals surface area contributed by atoms with Crippen molar-refractivity contribution in [2.24, 2.45) is 0 Å².